The van der Waals surface area contributed by atoms with E-state index in [2.05, 4.69) is 31.1 Å². The molecule has 4 N–H and O–H groups in total. The van der Waals surface area contributed by atoms with Gasteiger partial charge < -0.3 is 11.5 Å². The lowest BCUT2D eigenvalue weighted by atomic mass is 10.6. The molecule has 74 valence electrons. The van der Waals surface area contributed by atoms with E-state index < -0.39 is 0 Å². The Balaban J connectivity index is 2.02. The maximum atomic E-state index is 5.45. The zero-order valence-corrected chi connectivity index (χ0v) is 7.15. The molecule has 0 aliphatic heterocycles. The average Bonchev–Trinajstić information content (AvgIpc) is 2.72. The molecule has 0 bridgehead atoms. The number of nitrogen functional groups attached to an aromatic ring is 2. The Labute approximate surface area is 77.9 Å². The van der Waals surface area contributed by atoms with Crippen LogP contribution in [0.1, 0.15) is 0 Å². The summed E-state index contributed by atoms with van der Waals surface area (Å²) in [5.74, 6) is 0.494. The Kier molecular flexibility index (Phi) is 1.93. The Morgan fingerprint density at radius 1 is 0.857 bits per heavy atom. The molecule has 0 aliphatic carbocycles. The summed E-state index contributed by atoms with van der Waals surface area (Å²) >= 11 is 0. The van der Waals surface area contributed by atoms with Crippen LogP contribution in [0.4, 0.5) is 11.9 Å². The van der Waals surface area contributed by atoms with Gasteiger partial charge in [-0.3, -0.25) is 0 Å². The molecule has 10 nitrogen and oxygen atoms in total. The predicted molar refractivity (Wildman–Crippen MR) is 44.5 cm³/mol. The van der Waals surface area contributed by atoms with Crippen molar-refractivity contribution in [2.45, 2.75) is 13.1 Å². The highest BCUT2D eigenvalue weighted by molar-refractivity contribution is 5.11. The van der Waals surface area contributed by atoms with E-state index in [9.17, 15) is 0 Å². The number of aromatic nitrogens is 8. The molecule has 2 aromatic heterocycles. The molecule has 0 saturated heterocycles. The van der Waals surface area contributed by atoms with Gasteiger partial charge in [-0.25, -0.2) is 9.36 Å². The zero-order valence-electron chi connectivity index (χ0n) is 7.15. The van der Waals surface area contributed by atoms with Crippen molar-refractivity contribution in [3.05, 3.63) is 0 Å². The van der Waals surface area contributed by atoms with Crippen LogP contribution in [0.25, 0.3) is 0 Å². The van der Waals surface area contributed by atoms with Crippen molar-refractivity contribution in [3.8, 4) is 0 Å². The van der Waals surface area contributed by atoms with E-state index >= 15 is 0 Å². The molecule has 0 radical (unpaired) electrons. The van der Waals surface area contributed by atoms with Gasteiger partial charge in [0.15, 0.2) is 0 Å². The lowest BCUT2D eigenvalue weighted by molar-refractivity contribution is 0.488. The number of rotatable bonds is 3. The van der Waals surface area contributed by atoms with Gasteiger partial charge in [0.2, 0.25) is 11.9 Å². The normalized spacial score (nSPS) is 10.6. The molecule has 0 spiro atoms. The van der Waals surface area contributed by atoms with Gasteiger partial charge in [0.25, 0.3) is 0 Å². The largest absolute Gasteiger partial charge is 0.367 e. The third-order valence-corrected chi connectivity index (χ3v) is 1.64. The summed E-state index contributed by atoms with van der Waals surface area (Å²) in [5, 5.41) is 21.1. The first kappa shape index (κ1) is 8.34. The Morgan fingerprint density at radius 2 is 1.29 bits per heavy atom. The maximum Gasteiger partial charge on any atom is 0.240 e. The molecule has 2 rings (SSSR count). The molecule has 0 saturated carbocycles. The van der Waals surface area contributed by atoms with Gasteiger partial charge >= 0.3 is 0 Å². The van der Waals surface area contributed by atoms with Crippen molar-refractivity contribution in [2.24, 2.45) is 0 Å². The van der Waals surface area contributed by atoms with E-state index in [1.807, 2.05) is 0 Å². The smallest absolute Gasteiger partial charge is 0.240 e. The minimum absolute atomic E-state index is 0.247. The first-order valence-electron chi connectivity index (χ1n) is 3.80. The quantitative estimate of drug-likeness (QED) is 0.550. The minimum Gasteiger partial charge on any atom is -0.367 e. The summed E-state index contributed by atoms with van der Waals surface area (Å²) in [6, 6.07) is 0. The van der Waals surface area contributed by atoms with Crippen LogP contribution < -0.4 is 11.5 Å². The van der Waals surface area contributed by atoms with Gasteiger partial charge in [0.1, 0.15) is 0 Å². The average molecular weight is 196 g/mol. The van der Waals surface area contributed by atoms with Crippen LogP contribution in [-0.4, -0.2) is 40.4 Å². The number of hydrogen-bond donors (Lipinski definition) is 2. The minimum atomic E-state index is 0.247. The summed E-state index contributed by atoms with van der Waals surface area (Å²) in [7, 11) is 0. The highest BCUT2D eigenvalue weighted by Crippen LogP contribution is 1.96. The van der Waals surface area contributed by atoms with E-state index in [0.717, 1.165) is 0 Å². The number of hydrogen-bond acceptors (Lipinski definition) is 8. The van der Waals surface area contributed by atoms with Crippen LogP contribution in [0.5, 0.6) is 0 Å². The van der Waals surface area contributed by atoms with Crippen LogP contribution in [-0.2, 0) is 13.1 Å². The summed E-state index contributed by atoms with van der Waals surface area (Å²) < 4.78 is 2.86. The summed E-state index contributed by atoms with van der Waals surface area (Å²) in [6.07, 6.45) is 0. The van der Waals surface area contributed by atoms with Gasteiger partial charge in [0, 0.05) is 0 Å². The van der Waals surface area contributed by atoms with E-state index in [1.54, 1.807) is 0 Å². The lowest BCUT2D eigenvalue weighted by Crippen LogP contribution is -2.14. The summed E-state index contributed by atoms with van der Waals surface area (Å²) in [4.78, 5) is 0. The van der Waals surface area contributed by atoms with Crippen molar-refractivity contribution in [1.29, 1.82) is 0 Å². The molecule has 0 fully saturated rings. The van der Waals surface area contributed by atoms with E-state index in [-0.39, 0.29) is 11.9 Å². The van der Waals surface area contributed by atoms with E-state index in [0.29, 0.717) is 13.1 Å². The number of tetrazole rings is 2. The topological polar surface area (TPSA) is 139 Å². The molecule has 14 heavy (non-hydrogen) atoms. The van der Waals surface area contributed by atoms with Crippen LogP contribution in [0.15, 0.2) is 0 Å². The molecular weight excluding hydrogens is 188 g/mol. The monoisotopic (exact) mass is 196 g/mol. The van der Waals surface area contributed by atoms with Crippen LogP contribution in [0.2, 0.25) is 0 Å². The number of nitrogens with zero attached hydrogens (tertiary/aromatic N) is 8. The van der Waals surface area contributed by atoms with Crippen LogP contribution in [0, 0.1) is 0 Å². The van der Waals surface area contributed by atoms with Gasteiger partial charge in [-0.05, 0) is 20.9 Å². The number of anilines is 2. The second-order valence-corrected chi connectivity index (χ2v) is 2.52. The second kappa shape index (κ2) is 3.24. The van der Waals surface area contributed by atoms with Crippen molar-refractivity contribution in [2.75, 3.05) is 11.5 Å². The van der Waals surface area contributed by atoms with Gasteiger partial charge in [-0.15, -0.1) is 0 Å². The zero-order chi connectivity index (χ0) is 9.97. The number of aryl methyl sites for hydroxylation is 2. The third-order valence-electron chi connectivity index (χ3n) is 1.64. The van der Waals surface area contributed by atoms with Crippen molar-refractivity contribution < 1.29 is 0 Å². The van der Waals surface area contributed by atoms with Crippen molar-refractivity contribution in [1.82, 2.24) is 40.4 Å². The Bertz CT molecular complexity index is 373. The highest BCUT2D eigenvalue weighted by atomic mass is 15.6. The highest BCUT2D eigenvalue weighted by Gasteiger charge is 2.04. The molecule has 0 aromatic carbocycles. The molecule has 2 heterocycles. The molecule has 0 atom stereocenters. The molecule has 0 amide bonds. The van der Waals surface area contributed by atoms with E-state index in [4.69, 9.17) is 11.5 Å². The molecule has 2 aromatic rings. The molecule has 10 heteroatoms. The standard InChI is InChI=1S/C4H8N10/c5-3-7-9-11-13(3)1-2-14-4(6)8-10-12-14/h1-2H2,(H2,5,7,11)(H2,6,8,12). The summed E-state index contributed by atoms with van der Waals surface area (Å²) in [5.41, 5.74) is 10.9. The van der Waals surface area contributed by atoms with E-state index in [1.165, 1.54) is 9.36 Å². The Morgan fingerprint density at radius 3 is 1.57 bits per heavy atom. The van der Waals surface area contributed by atoms with Crippen molar-refractivity contribution >= 4 is 11.9 Å². The fourth-order valence-corrected chi connectivity index (χ4v) is 0.931. The maximum absolute atomic E-state index is 5.45. The fraction of sp³-hybridized carbons (Fsp3) is 0.500. The lowest BCUT2D eigenvalue weighted by Gasteiger charge is -2.01. The second-order valence-electron chi connectivity index (χ2n) is 2.52. The van der Waals surface area contributed by atoms with Crippen molar-refractivity contribution in [3.63, 3.8) is 0 Å². The SMILES string of the molecule is Nc1nnnn1CCn1nnnc1N. The summed E-state index contributed by atoms with van der Waals surface area (Å²) in [6.45, 7) is 0.933. The van der Waals surface area contributed by atoms with Gasteiger partial charge in [-0.2, -0.15) is 0 Å². The molecule has 0 aliphatic rings. The Hall–Kier alpha value is -2.26. The predicted octanol–water partition coefficient (Wildman–Crippen LogP) is -2.48. The third kappa shape index (κ3) is 1.44. The molecule has 0 unspecified atom stereocenters. The van der Waals surface area contributed by atoms with Gasteiger partial charge in [-0.1, -0.05) is 10.2 Å². The number of nitrogens with two attached hydrogens (primary N) is 2. The first-order chi connectivity index (χ1) is 6.77. The van der Waals surface area contributed by atoms with Crippen LogP contribution >= 0.6 is 0 Å². The van der Waals surface area contributed by atoms with Crippen LogP contribution in [0.3, 0.4) is 0 Å². The first-order valence-corrected chi connectivity index (χ1v) is 3.80. The molecular formula is C4H8N10. The fourth-order valence-electron chi connectivity index (χ4n) is 0.931. The van der Waals surface area contributed by atoms with Gasteiger partial charge in [0.05, 0.1) is 13.1 Å².